The molecule has 3 aromatic carbocycles. The molecule has 0 aliphatic carbocycles. The summed E-state index contributed by atoms with van der Waals surface area (Å²) in [6, 6.07) is 27.3. The van der Waals surface area contributed by atoms with E-state index in [2.05, 4.69) is 12.1 Å². The molecule has 1 N–H and O–H groups in total. The van der Waals surface area contributed by atoms with Crippen molar-refractivity contribution < 1.29 is 19.4 Å². The van der Waals surface area contributed by atoms with E-state index in [-0.39, 0.29) is 24.2 Å². The van der Waals surface area contributed by atoms with E-state index in [1.54, 1.807) is 7.11 Å². The number of rotatable bonds is 7. The SMILES string of the molecule is COc1ccccc1CC1=C(O)CC(CCc2ccccc2)(c2ccccc2)OC1=O. The number of carbonyl (C=O) groups excluding carboxylic acids is 1. The highest BCUT2D eigenvalue weighted by Gasteiger charge is 2.43. The third-order valence-corrected chi connectivity index (χ3v) is 5.86. The first-order valence-electron chi connectivity index (χ1n) is 10.5. The Kier molecular flexibility index (Phi) is 6.08. The molecule has 158 valence electrons. The Labute approximate surface area is 182 Å². The van der Waals surface area contributed by atoms with Gasteiger partial charge in [0.25, 0.3) is 0 Å². The fourth-order valence-corrected chi connectivity index (χ4v) is 4.16. The molecular weight excluding hydrogens is 388 g/mol. The van der Waals surface area contributed by atoms with E-state index >= 15 is 0 Å². The molecule has 31 heavy (non-hydrogen) atoms. The summed E-state index contributed by atoms with van der Waals surface area (Å²) < 4.78 is 11.5. The number of aliphatic hydroxyl groups is 1. The van der Waals surface area contributed by atoms with E-state index in [1.165, 1.54) is 0 Å². The molecule has 0 aromatic heterocycles. The van der Waals surface area contributed by atoms with Gasteiger partial charge in [-0.15, -0.1) is 0 Å². The van der Waals surface area contributed by atoms with Gasteiger partial charge in [0.15, 0.2) is 0 Å². The second-order valence-electron chi connectivity index (χ2n) is 7.83. The third kappa shape index (κ3) is 4.48. The number of benzene rings is 3. The first-order chi connectivity index (χ1) is 15.1. The van der Waals surface area contributed by atoms with Crippen molar-refractivity contribution in [3.8, 4) is 5.75 Å². The molecule has 0 saturated carbocycles. The monoisotopic (exact) mass is 414 g/mol. The van der Waals surface area contributed by atoms with Crippen molar-refractivity contribution in [1.82, 2.24) is 0 Å². The number of aliphatic hydroxyl groups excluding tert-OH is 1. The van der Waals surface area contributed by atoms with Crippen LogP contribution in [0.1, 0.15) is 29.5 Å². The molecule has 4 heteroatoms. The highest BCUT2D eigenvalue weighted by atomic mass is 16.6. The van der Waals surface area contributed by atoms with Crippen LogP contribution in [0.5, 0.6) is 5.75 Å². The van der Waals surface area contributed by atoms with Crippen LogP contribution >= 0.6 is 0 Å². The van der Waals surface area contributed by atoms with Crippen LogP contribution in [0, 0.1) is 0 Å². The topological polar surface area (TPSA) is 55.8 Å². The second kappa shape index (κ2) is 9.09. The summed E-state index contributed by atoms with van der Waals surface area (Å²) in [5, 5.41) is 11.0. The molecule has 4 rings (SSSR count). The quantitative estimate of drug-likeness (QED) is 0.517. The zero-order chi connectivity index (χ0) is 21.7. The van der Waals surface area contributed by atoms with Gasteiger partial charge in [0.05, 0.1) is 12.7 Å². The van der Waals surface area contributed by atoms with E-state index in [0.717, 1.165) is 23.1 Å². The van der Waals surface area contributed by atoms with Crippen molar-refractivity contribution in [2.45, 2.75) is 31.3 Å². The van der Waals surface area contributed by atoms with Gasteiger partial charge in [-0.1, -0.05) is 78.9 Å². The lowest BCUT2D eigenvalue weighted by atomic mass is 9.81. The van der Waals surface area contributed by atoms with Crippen LogP contribution in [-0.4, -0.2) is 18.2 Å². The van der Waals surface area contributed by atoms with Crippen molar-refractivity contribution in [3.63, 3.8) is 0 Å². The molecule has 1 aliphatic rings. The smallest absolute Gasteiger partial charge is 0.338 e. The molecule has 0 amide bonds. The Morgan fingerprint density at radius 1 is 0.935 bits per heavy atom. The maximum absolute atomic E-state index is 13.1. The van der Waals surface area contributed by atoms with Gasteiger partial charge in [-0.2, -0.15) is 0 Å². The van der Waals surface area contributed by atoms with Crippen LogP contribution in [0.2, 0.25) is 0 Å². The van der Waals surface area contributed by atoms with Crippen LogP contribution < -0.4 is 4.74 Å². The first kappa shape index (κ1) is 20.7. The number of aryl methyl sites for hydroxylation is 1. The van der Waals surface area contributed by atoms with Crippen LogP contribution in [0.4, 0.5) is 0 Å². The molecule has 0 bridgehead atoms. The Bertz CT molecular complexity index is 1070. The highest BCUT2D eigenvalue weighted by molar-refractivity contribution is 5.91. The van der Waals surface area contributed by atoms with Crippen molar-refractivity contribution in [2.75, 3.05) is 7.11 Å². The zero-order valence-corrected chi connectivity index (χ0v) is 17.6. The highest BCUT2D eigenvalue weighted by Crippen LogP contribution is 2.42. The van der Waals surface area contributed by atoms with E-state index in [0.29, 0.717) is 12.2 Å². The largest absolute Gasteiger partial charge is 0.512 e. The lowest BCUT2D eigenvalue weighted by Crippen LogP contribution is -2.38. The number of ether oxygens (including phenoxy) is 2. The van der Waals surface area contributed by atoms with Crippen molar-refractivity contribution in [1.29, 1.82) is 0 Å². The van der Waals surface area contributed by atoms with Gasteiger partial charge in [-0.25, -0.2) is 4.79 Å². The Morgan fingerprint density at radius 3 is 2.26 bits per heavy atom. The predicted octanol–water partition coefficient (Wildman–Crippen LogP) is 5.53. The summed E-state index contributed by atoms with van der Waals surface area (Å²) in [6.45, 7) is 0. The standard InChI is InChI=1S/C27H26O4/c1-30-25-15-9-8-12-21(25)18-23-24(28)19-27(31-26(23)29,22-13-6-3-7-14-22)17-16-20-10-4-2-5-11-20/h2-15,28H,16-19H2,1H3. The Morgan fingerprint density at radius 2 is 1.58 bits per heavy atom. The van der Waals surface area contributed by atoms with Crippen molar-refractivity contribution >= 4 is 5.97 Å². The van der Waals surface area contributed by atoms with E-state index in [1.807, 2.05) is 72.8 Å². The summed E-state index contributed by atoms with van der Waals surface area (Å²) in [6.07, 6.45) is 1.83. The van der Waals surface area contributed by atoms with Crippen LogP contribution in [0.3, 0.4) is 0 Å². The summed E-state index contributed by atoms with van der Waals surface area (Å²) in [4.78, 5) is 13.1. The van der Waals surface area contributed by atoms with E-state index < -0.39 is 11.6 Å². The first-order valence-corrected chi connectivity index (χ1v) is 10.5. The van der Waals surface area contributed by atoms with Gasteiger partial charge in [0, 0.05) is 12.8 Å². The lowest BCUT2D eigenvalue weighted by molar-refractivity contribution is -0.161. The van der Waals surface area contributed by atoms with Crippen LogP contribution in [-0.2, 0) is 28.0 Å². The minimum absolute atomic E-state index is 0.0825. The maximum atomic E-state index is 13.1. The number of esters is 1. The number of cyclic esters (lactones) is 1. The molecule has 1 aliphatic heterocycles. The number of methoxy groups -OCH3 is 1. The van der Waals surface area contributed by atoms with Gasteiger partial charge in [0.2, 0.25) is 0 Å². The van der Waals surface area contributed by atoms with Crippen LogP contribution in [0.25, 0.3) is 0 Å². The molecule has 1 atom stereocenters. The number of hydrogen-bond acceptors (Lipinski definition) is 4. The lowest BCUT2D eigenvalue weighted by Gasteiger charge is -2.38. The molecule has 0 radical (unpaired) electrons. The molecule has 3 aromatic rings. The van der Waals surface area contributed by atoms with Crippen molar-refractivity contribution in [2.24, 2.45) is 0 Å². The minimum Gasteiger partial charge on any atom is -0.512 e. The maximum Gasteiger partial charge on any atom is 0.338 e. The molecule has 1 unspecified atom stereocenters. The Balaban J connectivity index is 1.65. The molecule has 0 saturated heterocycles. The van der Waals surface area contributed by atoms with Gasteiger partial charge in [0.1, 0.15) is 17.1 Å². The van der Waals surface area contributed by atoms with E-state index in [4.69, 9.17) is 9.47 Å². The summed E-state index contributed by atoms with van der Waals surface area (Å²) in [5.41, 5.74) is 2.28. The summed E-state index contributed by atoms with van der Waals surface area (Å²) >= 11 is 0. The summed E-state index contributed by atoms with van der Waals surface area (Å²) in [5.74, 6) is 0.283. The van der Waals surface area contributed by atoms with Gasteiger partial charge in [-0.05, 0) is 35.6 Å². The normalized spacial score (nSPS) is 18.5. The predicted molar refractivity (Wildman–Crippen MR) is 120 cm³/mol. The zero-order valence-electron chi connectivity index (χ0n) is 17.6. The van der Waals surface area contributed by atoms with Gasteiger partial charge < -0.3 is 14.6 Å². The molecule has 1 heterocycles. The second-order valence-corrected chi connectivity index (χ2v) is 7.83. The van der Waals surface area contributed by atoms with Gasteiger partial charge >= 0.3 is 5.97 Å². The van der Waals surface area contributed by atoms with Crippen molar-refractivity contribution in [3.05, 3.63) is 113 Å². The number of para-hydroxylation sites is 1. The average Bonchev–Trinajstić information content (AvgIpc) is 2.81. The number of carbonyl (C=O) groups is 1. The fraction of sp³-hybridized carbons (Fsp3) is 0.222. The fourth-order valence-electron chi connectivity index (χ4n) is 4.16. The molecule has 4 nitrogen and oxygen atoms in total. The number of hydrogen-bond donors (Lipinski definition) is 1. The third-order valence-electron chi connectivity index (χ3n) is 5.86. The van der Waals surface area contributed by atoms with Gasteiger partial charge in [-0.3, -0.25) is 0 Å². The average molecular weight is 415 g/mol. The van der Waals surface area contributed by atoms with E-state index in [9.17, 15) is 9.90 Å². The summed E-state index contributed by atoms with van der Waals surface area (Å²) in [7, 11) is 1.59. The molecular formula is C27H26O4. The molecule has 0 spiro atoms. The minimum atomic E-state index is -0.900. The molecule has 0 fully saturated rings. The Hall–Kier alpha value is -3.53. The van der Waals surface area contributed by atoms with Crippen LogP contribution in [0.15, 0.2) is 96.3 Å².